The number of aryl methyl sites for hydroxylation is 2. The van der Waals surface area contributed by atoms with E-state index in [2.05, 4.69) is 44.1 Å². The first kappa shape index (κ1) is 11.9. The molecule has 1 atom stereocenters. The van der Waals surface area contributed by atoms with Crippen LogP contribution >= 0.6 is 0 Å². The lowest BCUT2D eigenvalue weighted by Crippen LogP contribution is -2.07. The van der Waals surface area contributed by atoms with E-state index in [-0.39, 0.29) is 6.04 Å². The molecule has 0 bridgehead atoms. The summed E-state index contributed by atoms with van der Waals surface area (Å²) in [6, 6.07) is 6.46. The lowest BCUT2D eigenvalue weighted by Gasteiger charge is -2.09. The summed E-state index contributed by atoms with van der Waals surface area (Å²) in [4.78, 5) is 0. The molecule has 1 unspecified atom stereocenters. The number of nitrogens with zero attached hydrogens (tertiary/aromatic N) is 2. The van der Waals surface area contributed by atoms with Gasteiger partial charge in [0, 0.05) is 17.3 Å². The van der Waals surface area contributed by atoms with Crippen molar-refractivity contribution in [2.45, 2.75) is 33.7 Å². The molecular weight excluding hydrogens is 210 g/mol. The van der Waals surface area contributed by atoms with Crippen molar-refractivity contribution in [2.24, 2.45) is 5.73 Å². The predicted octanol–water partition coefficient (Wildman–Crippen LogP) is 2.82. The highest BCUT2D eigenvalue weighted by atomic mass is 15.3. The number of hydrogen-bond donors (Lipinski definition) is 1. The van der Waals surface area contributed by atoms with Crippen LogP contribution in [0.4, 0.5) is 0 Å². The van der Waals surface area contributed by atoms with Gasteiger partial charge in [0.2, 0.25) is 0 Å². The van der Waals surface area contributed by atoms with Gasteiger partial charge in [0.15, 0.2) is 0 Å². The Labute approximate surface area is 102 Å². The molecule has 0 aliphatic rings. The van der Waals surface area contributed by atoms with Crippen LogP contribution in [0.2, 0.25) is 0 Å². The maximum atomic E-state index is 5.91. The van der Waals surface area contributed by atoms with E-state index in [0.29, 0.717) is 0 Å². The molecule has 0 fully saturated rings. The van der Waals surface area contributed by atoms with Gasteiger partial charge in [0.25, 0.3) is 0 Å². The van der Waals surface area contributed by atoms with Crippen LogP contribution in [0.25, 0.3) is 5.69 Å². The van der Waals surface area contributed by atoms with Crippen molar-refractivity contribution in [1.29, 1.82) is 0 Å². The van der Waals surface area contributed by atoms with E-state index < -0.39 is 0 Å². The highest BCUT2D eigenvalue weighted by Crippen LogP contribution is 2.20. The van der Waals surface area contributed by atoms with Gasteiger partial charge in [-0.3, -0.25) is 0 Å². The predicted molar refractivity (Wildman–Crippen MR) is 70.4 cm³/mol. The van der Waals surface area contributed by atoms with E-state index in [1.54, 1.807) is 0 Å². The molecule has 1 aromatic carbocycles. The molecule has 2 rings (SSSR count). The Kier molecular flexibility index (Phi) is 3.03. The SMILES string of the molecule is Cc1cc(C)cc(-n2ncc(C(C)N)c2C)c1. The summed E-state index contributed by atoms with van der Waals surface area (Å²) in [5.41, 5.74) is 11.7. The summed E-state index contributed by atoms with van der Waals surface area (Å²) in [6.07, 6.45) is 1.86. The zero-order valence-corrected chi connectivity index (χ0v) is 10.9. The third kappa shape index (κ3) is 2.24. The molecule has 90 valence electrons. The summed E-state index contributed by atoms with van der Waals surface area (Å²) in [7, 11) is 0. The van der Waals surface area contributed by atoms with E-state index >= 15 is 0 Å². The molecule has 2 N–H and O–H groups in total. The number of nitrogens with two attached hydrogens (primary N) is 1. The number of aromatic nitrogens is 2. The minimum absolute atomic E-state index is 0.0228. The number of rotatable bonds is 2. The van der Waals surface area contributed by atoms with E-state index in [0.717, 1.165) is 16.9 Å². The third-order valence-electron chi connectivity index (χ3n) is 2.99. The van der Waals surface area contributed by atoms with Crippen molar-refractivity contribution < 1.29 is 0 Å². The normalized spacial score (nSPS) is 12.8. The van der Waals surface area contributed by atoms with Gasteiger partial charge in [0.1, 0.15) is 0 Å². The maximum Gasteiger partial charge on any atom is 0.0654 e. The average molecular weight is 229 g/mol. The van der Waals surface area contributed by atoms with Crippen molar-refractivity contribution in [1.82, 2.24) is 9.78 Å². The maximum absolute atomic E-state index is 5.91. The van der Waals surface area contributed by atoms with Crippen molar-refractivity contribution in [3.63, 3.8) is 0 Å². The largest absolute Gasteiger partial charge is 0.324 e. The molecular formula is C14H19N3. The Morgan fingerprint density at radius 2 is 1.71 bits per heavy atom. The highest BCUT2D eigenvalue weighted by Gasteiger charge is 2.11. The van der Waals surface area contributed by atoms with Gasteiger partial charge in [0.05, 0.1) is 11.9 Å². The first-order chi connectivity index (χ1) is 7.99. The van der Waals surface area contributed by atoms with Crippen LogP contribution < -0.4 is 5.73 Å². The van der Waals surface area contributed by atoms with Crippen LogP contribution in [0.15, 0.2) is 24.4 Å². The van der Waals surface area contributed by atoms with Crippen molar-refractivity contribution in [2.75, 3.05) is 0 Å². The fourth-order valence-corrected chi connectivity index (χ4v) is 2.20. The molecule has 17 heavy (non-hydrogen) atoms. The molecule has 3 nitrogen and oxygen atoms in total. The zero-order chi connectivity index (χ0) is 12.6. The fraction of sp³-hybridized carbons (Fsp3) is 0.357. The van der Waals surface area contributed by atoms with Gasteiger partial charge >= 0.3 is 0 Å². The second-order valence-corrected chi connectivity index (χ2v) is 4.73. The lowest BCUT2D eigenvalue weighted by atomic mass is 10.1. The van der Waals surface area contributed by atoms with Crippen molar-refractivity contribution >= 4 is 0 Å². The number of hydrogen-bond acceptors (Lipinski definition) is 2. The van der Waals surface area contributed by atoms with Crippen molar-refractivity contribution in [3.8, 4) is 5.69 Å². The lowest BCUT2D eigenvalue weighted by molar-refractivity contribution is 0.796. The Morgan fingerprint density at radius 1 is 1.12 bits per heavy atom. The van der Waals surface area contributed by atoms with Gasteiger partial charge in [-0.15, -0.1) is 0 Å². The third-order valence-corrected chi connectivity index (χ3v) is 2.99. The molecule has 0 amide bonds. The van der Waals surface area contributed by atoms with Gasteiger partial charge in [-0.05, 0) is 51.0 Å². The van der Waals surface area contributed by atoms with Crippen molar-refractivity contribution in [3.05, 3.63) is 46.8 Å². The minimum atomic E-state index is 0.0228. The minimum Gasteiger partial charge on any atom is -0.324 e. The van der Waals surface area contributed by atoms with Crippen LogP contribution in [0, 0.1) is 20.8 Å². The van der Waals surface area contributed by atoms with E-state index in [9.17, 15) is 0 Å². The Morgan fingerprint density at radius 3 is 2.18 bits per heavy atom. The molecule has 1 heterocycles. The van der Waals surface area contributed by atoms with Crippen LogP contribution in [0.5, 0.6) is 0 Å². The Balaban J connectivity index is 2.53. The van der Waals surface area contributed by atoms with Gasteiger partial charge in [-0.1, -0.05) is 6.07 Å². The molecule has 1 aromatic heterocycles. The zero-order valence-electron chi connectivity index (χ0n) is 10.9. The first-order valence-electron chi connectivity index (χ1n) is 5.88. The molecule has 0 aliphatic heterocycles. The quantitative estimate of drug-likeness (QED) is 0.860. The smallest absolute Gasteiger partial charge is 0.0654 e. The van der Waals surface area contributed by atoms with Gasteiger partial charge in [-0.25, -0.2) is 4.68 Å². The summed E-state index contributed by atoms with van der Waals surface area (Å²) in [5.74, 6) is 0. The molecule has 0 radical (unpaired) electrons. The fourth-order valence-electron chi connectivity index (χ4n) is 2.20. The topological polar surface area (TPSA) is 43.8 Å². The summed E-state index contributed by atoms with van der Waals surface area (Å²) in [5, 5.41) is 4.43. The summed E-state index contributed by atoms with van der Waals surface area (Å²) >= 11 is 0. The van der Waals surface area contributed by atoms with Gasteiger partial charge < -0.3 is 5.73 Å². The van der Waals surface area contributed by atoms with Crippen LogP contribution in [0.3, 0.4) is 0 Å². The highest BCUT2D eigenvalue weighted by molar-refractivity contribution is 5.41. The Hall–Kier alpha value is -1.61. The molecule has 0 aliphatic carbocycles. The first-order valence-corrected chi connectivity index (χ1v) is 5.88. The van der Waals surface area contributed by atoms with E-state index in [4.69, 9.17) is 5.73 Å². The summed E-state index contributed by atoms with van der Waals surface area (Å²) < 4.78 is 1.96. The van der Waals surface area contributed by atoms with Crippen LogP contribution in [-0.2, 0) is 0 Å². The second-order valence-electron chi connectivity index (χ2n) is 4.73. The number of benzene rings is 1. The molecule has 0 saturated carbocycles. The van der Waals surface area contributed by atoms with E-state index in [1.165, 1.54) is 11.1 Å². The summed E-state index contributed by atoms with van der Waals surface area (Å²) in [6.45, 7) is 8.24. The van der Waals surface area contributed by atoms with Gasteiger partial charge in [-0.2, -0.15) is 5.10 Å². The van der Waals surface area contributed by atoms with Crippen LogP contribution in [-0.4, -0.2) is 9.78 Å². The standard InChI is InChI=1S/C14H19N3/c1-9-5-10(2)7-13(6-9)17-12(4)14(8-16-17)11(3)15/h5-8,11H,15H2,1-4H3. The molecule has 0 saturated heterocycles. The molecule has 0 spiro atoms. The Bertz CT molecular complexity index is 518. The average Bonchev–Trinajstić information content (AvgIpc) is 2.58. The molecule has 3 heteroatoms. The second kappa shape index (κ2) is 4.34. The molecule has 2 aromatic rings. The van der Waals surface area contributed by atoms with Crippen LogP contribution in [0.1, 0.15) is 35.3 Å². The van der Waals surface area contributed by atoms with E-state index in [1.807, 2.05) is 17.8 Å². The monoisotopic (exact) mass is 229 g/mol.